The van der Waals surface area contributed by atoms with Crippen molar-refractivity contribution >= 4 is 0 Å². The van der Waals surface area contributed by atoms with Gasteiger partial charge in [0.2, 0.25) is 0 Å². The minimum atomic E-state index is 1.10. The van der Waals surface area contributed by atoms with E-state index >= 15 is 0 Å². The van der Waals surface area contributed by atoms with Crippen molar-refractivity contribution in [3.8, 4) is 0 Å². The minimum absolute atomic E-state index is 1.10. The Morgan fingerprint density at radius 2 is 0.500 bits per heavy atom. The van der Waals surface area contributed by atoms with Gasteiger partial charge in [0.15, 0.2) is 0 Å². The molecule has 0 radical (unpaired) electrons. The fourth-order valence-electron chi connectivity index (χ4n) is 7.29. The lowest BCUT2D eigenvalue weighted by Gasteiger charge is -2.21. The summed E-state index contributed by atoms with van der Waals surface area (Å²) in [6.45, 7) is 2.31. The summed E-state index contributed by atoms with van der Waals surface area (Å²) in [5.41, 5.74) is 0. The summed E-state index contributed by atoms with van der Waals surface area (Å²) in [5.74, 6) is 1.10. The summed E-state index contributed by atoms with van der Waals surface area (Å²) < 4.78 is 0. The van der Waals surface area contributed by atoms with Crippen LogP contribution >= 0.6 is 0 Å². The first-order valence-corrected chi connectivity index (χ1v) is 19.9. The molecule has 0 saturated heterocycles. The van der Waals surface area contributed by atoms with Gasteiger partial charge < -0.3 is 0 Å². The van der Waals surface area contributed by atoms with Crippen LogP contribution in [-0.4, -0.2) is 0 Å². The molecule has 0 heteroatoms. The van der Waals surface area contributed by atoms with Crippen LogP contribution in [0, 0.1) is 5.92 Å². The number of unbranched alkanes of at least 4 members (excludes halogenated alkanes) is 31. The Bertz CT molecular complexity index is 433. The Labute approximate surface area is 256 Å². The van der Waals surface area contributed by atoms with Crippen molar-refractivity contribution in [2.24, 2.45) is 5.92 Å². The van der Waals surface area contributed by atoms with Crippen molar-refractivity contribution in [3.63, 3.8) is 0 Å². The van der Waals surface area contributed by atoms with Gasteiger partial charge >= 0.3 is 0 Å². The minimum Gasteiger partial charge on any atom is -0.0654 e. The topological polar surface area (TPSA) is 0 Å². The largest absolute Gasteiger partial charge is 0.0654 e. The summed E-state index contributed by atoms with van der Waals surface area (Å²) in [6, 6.07) is 0. The molecule has 0 aromatic rings. The second-order valence-corrected chi connectivity index (χ2v) is 14.3. The Balaban J connectivity index is 1.60. The lowest BCUT2D eigenvalue weighted by molar-refractivity contribution is 0.328. The van der Waals surface area contributed by atoms with Gasteiger partial charge in [-0.2, -0.15) is 0 Å². The predicted molar refractivity (Wildman–Crippen MR) is 185 cm³/mol. The molecule has 0 amide bonds. The summed E-state index contributed by atoms with van der Waals surface area (Å²) >= 11 is 0. The third-order valence-electron chi connectivity index (χ3n) is 10.2. The average Bonchev–Trinajstić information content (AvgIpc) is 2.98. The normalized spacial score (nSPS) is 14.3. The molecule has 0 bridgehead atoms. The molecular formula is C40H80. The predicted octanol–water partition coefficient (Wildman–Crippen LogP) is 15.5. The zero-order valence-corrected chi connectivity index (χ0v) is 28.4. The van der Waals surface area contributed by atoms with Gasteiger partial charge in [0.05, 0.1) is 0 Å². The fraction of sp³-hybridized carbons (Fsp3) is 1.00. The summed E-state index contributed by atoms with van der Waals surface area (Å²) in [4.78, 5) is 0. The maximum Gasteiger partial charge on any atom is -0.0414 e. The van der Waals surface area contributed by atoms with E-state index in [0.717, 1.165) is 5.92 Å². The van der Waals surface area contributed by atoms with Crippen molar-refractivity contribution in [1.29, 1.82) is 0 Å². The molecule has 0 spiro atoms. The van der Waals surface area contributed by atoms with Crippen LogP contribution in [0.4, 0.5) is 0 Å². The van der Waals surface area contributed by atoms with Crippen molar-refractivity contribution in [2.45, 2.75) is 251 Å². The first-order chi connectivity index (χ1) is 19.9. The molecule has 1 saturated carbocycles. The summed E-state index contributed by atoms with van der Waals surface area (Å²) in [5, 5.41) is 0. The molecule has 1 fully saturated rings. The van der Waals surface area contributed by atoms with Gasteiger partial charge in [0.1, 0.15) is 0 Å². The van der Waals surface area contributed by atoms with E-state index in [1.54, 1.807) is 19.3 Å². The van der Waals surface area contributed by atoms with E-state index < -0.39 is 0 Å². The number of rotatable bonds is 33. The number of hydrogen-bond acceptors (Lipinski definition) is 0. The monoisotopic (exact) mass is 561 g/mol. The van der Waals surface area contributed by atoms with E-state index in [2.05, 4.69) is 6.92 Å². The molecule has 0 unspecified atom stereocenters. The van der Waals surface area contributed by atoms with Crippen LogP contribution < -0.4 is 0 Å². The smallest absolute Gasteiger partial charge is 0.0414 e. The van der Waals surface area contributed by atoms with Gasteiger partial charge in [-0.1, -0.05) is 251 Å². The van der Waals surface area contributed by atoms with Crippen molar-refractivity contribution in [2.75, 3.05) is 0 Å². The van der Waals surface area contributed by atoms with Gasteiger partial charge in [0.25, 0.3) is 0 Å². The quantitative estimate of drug-likeness (QED) is 0.0700. The SMILES string of the molecule is CCCCCCCCCCCCCCCCCCCCCCCCCCCCCCCCCCC1CCCCC1. The highest BCUT2D eigenvalue weighted by Gasteiger charge is 2.12. The van der Waals surface area contributed by atoms with Gasteiger partial charge in [-0.15, -0.1) is 0 Å². The van der Waals surface area contributed by atoms with E-state index in [-0.39, 0.29) is 0 Å². The standard InChI is InChI=1S/C40H80/c1-2-3-4-5-6-7-8-9-10-11-12-13-14-15-16-17-18-19-20-21-22-23-24-25-26-27-28-29-30-31-32-34-37-40-38-35-33-36-39-40/h40H,2-39H2,1H3. The Hall–Kier alpha value is 0. The third kappa shape index (κ3) is 29.5. The average molecular weight is 561 g/mol. The lowest BCUT2D eigenvalue weighted by Crippen LogP contribution is -2.05. The molecule has 1 rings (SSSR count). The van der Waals surface area contributed by atoms with E-state index in [0.29, 0.717) is 0 Å². The van der Waals surface area contributed by atoms with Crippen LogP contribution in [0.3, 0.4) is 0 Å². The second-order valence-electron chi connectivity index (χ2n) is 14.3. The molecule has 0 aliphatic heterocycles. The molecule has 0 nitrogen and oxygen atoms in total. The van der Waals surface area contributed by atoms with Crippen LogP contribution in [0.2, 0.25) is 0 Å². The maximum atomic E-state index is 2.31. The highest BCUT2D eigenvalue weighted by molar-refractivity contribution is 4.65. The van der Waals surface area contributed by atoms with Gasteiger partial charge in [-0.25, -0.2) is 0 Å². The highest BCUT2D eigenvalue weighted by atomic mass is 14.2. The Morgan fingerprint density at radius 1 is 0.275 bits per heavy atom. The van der Waals surface area contributed by atoms with Gasteiger partial charge in [0, 0.05) is 0 Å². The van der Waals surface area contributed by atoms with E-state index in [1.165, 1.54) is 225 Å². The molecule has 40 heavy (non-hydrogen) atoms. The molecule has 0 N–H and O–H groups in total. The van der Waals surface area contributed by atoms with Gasteiger partial charge in [-0.05, 0) is 5.92 Å². The first-order valence-electron chi connectivity index (χ1n) is 19.9. The lowest BCUT2D eigenvalue weighted by atomic mass is 9.85. The Kier molecular flexibility index (Phi) is 31.8. The third-order valence-corrected chi connectivity index (χ3v) is 10.2. The highest BCUT2D eigenvalue weighted by Crippen LogP contribution is 2.28. The number of hydrogen-bond donors (Lipinski definition) is 0. The van der Waals surface area contributed by atoms with E-state index in [4.69, 9.17) is 0 Å². The van der Waals surface area contributed by atoms with Crippen LogP contribution in [0.15, 0.2) is 0 Å². The van der Waals surface area contributed by atoms with Gasteiger partial charge in [-0.3, -0.25) is 0 Å². The first kappa shape index (κ1) is 38.0. The van der Waals surface area contributed by atoms with Crippen molar-refractivity contribution < 1.29 is 0 Å². The summed E-state index contributed by atoms with van der Waals surface area (Å²) in [6.07, 6.45) is 56.9. The molecule has 1 aliphatic carbocycles. The van der Waals surface area contributed by atoms with Crippen molar-refractivity contribution in [1.82, 2.24) is 0 Å². The van der Waals surface area contributed by atoms with Crippen LogP contribution in [0.5, 0.6) is 0 Å². The second kappa shape index (κ2) is 33.5. The molecule has 0 aromatic carbocycles. The molecule has 0 aromatic heterocycles. The zero-order valence-electron chi connectivity index (χ0n) is 28.4. The Morgan fingerprint density at radius 3 is 0.750 bits per heavy atom. The molecule has 0 heterocycles. The van der Waals surface area contributed by atoms with E-state index in [9.17, 15) is 0 Å². The molecule has 0 atom stereocenters. The van der Waals surface area contributed by atoms with Crippen LogP contribution in [0.25, 0.3) is 0 Å². The van der Waals surface area contributed by atoms with Crippen molar-refractivity contribution in [3.05, 3.63) is 0 Å². The van der Waals surface area contributed by atoms with Crippen LogP contribution in [-0.2, 0) is 0 Å². The van der Waals surface area contributed by atoms with E-state index in [1.807, 2.05) is 0 Å². The summed E-state index contributed by atoms with van der Waals surface area (Å²) in [7, 11) is 0. The zero-order chi connectivity index (χ0) is 28.4. The van der Waals surface area contributed by atoms with Crippen LogP contribution in [0.1, 0.15) is 251 Å². The molecular weight excluding hydrogens is 480 g/mol. The fourth-order valence-corrected chi connectivity index (χ4v) is 7.29. The molecule has 240 valence electrons. The maximum absolute atomic E-state index is 2.31. The molecule has 1 aliphatic rings.